The quantitative estimate of drug-likeness (QED) is 0.903. The fraction of sp³-hybridized carbons (Fsp3) is 0.286. The van der Waals surface area contributed by atoms with Gasteiger partial charge in [-0.3, -0.25) is 4.79 Å². The molecule has 0 saturated carbocycles. The van der Waals surface area contributed by atoms with Gasteiger partial charge in [-0.2, -0.15) is 0 Å². The summed E-state index contributed by atoms with van der Waals surface area (Å²) >= 11 is 1.52. The maximum Gasteiger partial charge on any atom is 0.354 e. The Hall–Kier alpha value is -2.28. The number of rotatable bonds is 4. The third-order valence-corrected chi connectivity index (χ3v) is 4.06. The smallest absolute Gasteiger partial charge is 0.354 e. The van der Waals surface area contributed by atoms with Crippen molar-refractivity contribution in [3.63, 3.8) is 0 Å². The summed E-state index contributed by atoms with van der Waals surface area (Å²) < 4.78 is 0. The van der Waals surface area contributed by atoms with Crippen molar-refractivity contribution in [2.45, 2.75) is 26.3 Å². The number of pyridine rings is 1. The van der Waals surface area contributed by atoms with Crippen LogP contribution in [0.1, 0.15) is 44.6 Å². The first kappa shape index (κ1) is 15.1. The molecule has 0 saturated heterocycles. The summed E-state index contributed by atoms with van der Waals surface area (Å²) in [5.74, 6) is -1.45. The van der Waals surface area contributed by atoms with Gasteiger partial charge in [0.1, 0.15) is 10.7 Å². The highest BCUT2D eigenvalue weighted by Gasteiger charge is 2.26. The Labute approximate surface area is 125 Å². The van der Waals surface area contributed by atoms with E-state index in [9.17, 15) is 9.59 Å². The number of nitrogens with one attached hydrogen (secondary N) is 1. The molecule has 0 fully saturated rings. The lowest BCUT2D eigenvalue weighted by atomic mass is 10.1. The van der Waals surface area contributed by atoms with E-state index >= 15 is 0 Å². The lowest BCUT2D eigenvalue weighted by Gasteiger charge is -2.23. The van der Waals surface area contributed by atoms with Crippen LogP contribution in [0.5, 0.6) is 0 Å². The van der Waals surface area contributed by atoms with E-state index in [1.165, 1.54) is 29.7 Å². The minimum Gasteiger partial charge on any atom is -0.477 e. The topological polar surface area (TPSA) is 92.2 Å². The molecular weight excluding hydrogens is 290 g/mol. The van der Waals surface area contributed by atoms with Gasteiger partial charge in [0.25, 0.3) is 5.91 Å². The molecule has 0 unspecified atom stereocenters. The van der Waals surface area contributed by atoms with Crippen molar-refractivity contribution in [3.8, 4) is 0 Å². The molecule has 1 amide bonds. The van der Waals surface area contributed by atoms with Crippen LogP contribution in [0.15, 0.2) is 24.5 Å². The number of aromatic nitrogens is 2. The number of carbonyl (C=O) groups is 2. The van der Waals surface area contributed by atoms with Gasteiger partial charge in [-0.15, -0.1) is 11.3 Å². The molecule has 0 aliphatic carbocycles. The van der Waals surface area contributed by atoms with Gasteiger partial charge in [-0.05, 0) is 32.9 Å². The van der Waals surface area contributed by atoms with Crippen LogP contribution >= 0.6 is 11.3 Å². The average molecular weight is 305 g/mol. The minimum absolute atomic E-state index is 0.0960. The molecule has 110 valence electrons. The number of carboxylic acid groups (broad SMARTS) is 1. The predicted octanol–water partition coefficient (Wildman–Crippen LogP) is 2.21. The Morgan fingerprint density at radius 1 is 1.24 bits per heavy atom. The number of nitrogens with zero attached hydrogens (tertiary/aromatic N) is 2. The molecule has 21 heavy (non-hydrogen) atoms. The molecule has 0 aromatic carbocycles. The highest BCUT2D eigenvalue weighted by Crippen LogP contribution is 2.25. The van der Waals surface area contributed by atoms with Crippen LogP contribution in [0.2, 0.25) is 0 Å². The molecule has 0 aliphatic rings. The number of aromatic carboxylic acids is 1. The number of thiazole rings is 1. The molecular formula is C14H15N3O3S. The SMILES string of the molecule is Cc1cnc(C(C)(C)NC(=O)c2ccc(C(=O)O)nc2)s1. The van der Waals surface area contributed by atoms with Crippen LogP contribution in [0.3, 0.4) is 0 Å². The number of hydrogen-bond donors (Lipinski definition) is 2. The summed E-state index contributed by atoms with van der Waals surface area (Å²) in [5.41, 5.74) is -0.399. The van der Waals surface area contributed by atoms with E-state index in [0.29, 0.717) is 5.56 Å². The van der Waals surface area contributed by atoms with Crippen molar-refractivity contribution >= 4 is 23.2 Å². The molecule has 0 radical (unpaired) electrons. The molecule has 7 heteroatoms. The van der Waals surface area contributed by atoms with E-state index in [2.05, 4.69) is 15.3 Å². The van der Waals surface area contributed by atoms with Crippen molar-refractivity contribution < 1.29 is 14.7 Å². The van der Waals surface area contributed by atoms with Gasteiger partial charge in [-0.25, -0.2) is 14.8 Å². The number of carbonyl (C=O) groups excluding carboxylic acids is 1. The monoisotopic (exact) mass is 305 g/mol. The first-order valence-corrected chi connectivity index (χ1v) is 7.06. The third-order valence-electron chi connectivity index (χ3n) is 2.83. The molecule has 2 aromatic rings. The van der Waals surface area contributed by atoms with E-state index in [1.807, 2.05) is 20.8 Å². The van der Waals surface area contributed by atoms with E-state index in [1.54, 1.807) is 6.20 Å². The zero-order chi connectivity index (χ0) is 15.6. The fourth-order valence-electron chi connectivity index (χ4n) is 1.71. The molecule has 2 heterocycles. The summed E-state index contributed by atoms with van der Waals surface area (Å²) in [6.07, 6.45) is 3.01. The van der Waals surface area contributed by atoms with Crippen molar-refractivity contribution in [2.24, 2.45) is 0 Å². The Morgan fingerprint density at radius 2 is 1.95 bits per heavy atom. The van der Waals surface area contributed by atoms with Gasteiger partial charge in [-0.1, -0.05) is 0 Å². The van der Waals surface area contributed by atoms with E-state index in [0.717, 1.165) is 9.88 Å². The van der Waals surface area contributed by atoms with Gasteiger partial charge >= 0.3 is 5.97 Å². The highest BCUT2D eigenvalue weighted by atomic mass is 32.1. The number of carboxylic acids is 1. The predicted molar refractivity (Wildman–Crippen MR) is 78.5 cm³/mol. The van der Waals surface area contributed by atoms with Crippen LogP contribution in [0.4, 0.5) is 0 Å². The zero-order valence-electron chi connectivity index (χ0n) is 11.9. The average Bonchev–Trinajstić information content (AvgIpc) is 2.86. The van der Waals surface area contributed by atoms with Gasteiger partial charge < -0.3 is 10.4 Å². The Bertz CT molecular complexity index is 677. The normalized spacial score (nSPS) is 11.2. The van der Waals surface area contributed by atoms with E-state index < -0.39 is 11.5 Å². The fourth-order valence-corrected chi connectivity index (χ4v) is 2.53. The highest BCUT2D eigenvalue weighted by molar-refractivity contribution is 7.11. The number of hydrogen-bond acceptors (Lipinski definition) is 5. The maximum atomic E-state index is 12.2. The second kappa shape index (κ2) is 5.61. The van der Waals surface area contributed by atoms with Gasteiger partial charge in [0.2, 0.25) is 0 Å². The maximum absolute atomic E-state index is 12.2. The molecule has 2 aromatic heterocycles. The molecule has 0 aliphatic heterocycles. The van der Waals surface area contributed by atoms with Crippen molar-refractivity contribution in [1.29, 1.82) is 0 Å². The van der Waals surface area contributed by atoms with E-state index in [-0.39, 0.29) is 11.6 Å². The molecule has 0 spiro atoms. The Kier molecular flexibility index (Phi) is 4.04. The minimum atomic E-state index is -1.12. The summed E-state index contributed by atoms with van der Waals surface area (Å²) in [6, 6.07) is 2.74. The standard InChI is InChI=1S/C14H15N3O3S/c1-8-6-16-13(21-8)14(2,3)17-11(18)9-4-5-10(12(19)20)15-7-9/h4-7H,1-3H3,(H,17,18)(H,19,20). The van der Waals surface area contributed by atoms with Crippen molar-refractivity contribution in [1.82, 2.24) is 15.3 Å². The number of aryl methyl sites for hydroxylation is 1. The summed E-state index contributed by atoms with van der Waals surface area (Å²) in [6.45, 7) is 5.68. The second-order valence-electron chi connectivity index (χ2n) is 5.09. The van der Waals surface area contributed by atoms with Crippen LogP contribution in [-0.2, 0) is 5.54 Å². The molecule has 0 atom stereocenters. The van der Waals surface area contributed by atoms with Crippen molar-refractivity contribution in [3.05, 3.63) is 45.7 Å². The Morgan fingerprint density at radius 3 is 2.43 bits per heavy atom. The van der Waals surface area contributed by atoms with E-state index in [4.69, 9.17) is 5.11 Å². The van der Waals surface area contributed by atoms with Crippen LogP contribution < -0.4 is 5.32 Å². The van der Waals surface area contributed by atoms with Crippen LogP contribution in [0, 0.1) is 6.92 Å². The lowest BCUT2D eigenvalue weighted by molar-refractivity contribution is 0.0689. The molecule has 2 N–H and O–H groups in total. The lowest BCUT2D eigenvalue weighted by Crippen LogP contribution is -2.41. The first-order chi connectivity index (χ1) is 9.79. The summed E-state index contributed by atoms with van der Waals surface area (Å²) in [5, 5.41) is 12.5. The van der Waals surface area contributed by atoms with Gasteiger partial charge in [0.05, 0.1) is 11.1 Å². The van der Waals surface area contributed by atoms with Crippen molar-refractivity contribution in [2.75, 3.05) is 0 Å². The zero-order valence-corrected chi connectivity index (χ0v) is 12.7. The molecule has 6 nitrogen and oxygen atoms in total. The summed E-state index contributed by atoms with van der Waals surface area (Å²) in [4.78, 5) is 32.0. The van der Waals surface area contributed by atoms with Gasteiger partial charge in [0, 0.05) is 17.3 Å². The van der Waals surface area contributed by atoms with Gasteiger partial charge in [0.15, 0.2) is 0 Å². The molecule has 2 rings (SSSR count). The third kappa shape index (κ3) is 3.43. The first-order valence-electron chi connectivity index (χ1n) is 6.24. The largest absolute Gasteiger partial charge is 0.477 e. The van der Waals surface area contributed by atoms with Crippen LogP contribution in [0.25, 0.3) is 0 Å². The van der Waals surface area contributed by atoms with Crippen LogP contribution in [-0.4, -0.2) is 27.0 Å². The number of amides is 1. The summed E-state index contributed by atoms with van der Waals surface area (Å²) in [7, 11) is 0. The second-order valence-corrected chi connectivity index (χ2v) is 6.33. The Balaban J connectivity index is 2.15. The molecule has 0 bridgehead atoms.